The molecule has 3 nitrogen and oxygen atoms in total. The van der Waals surface area contributed by atoms with Gasteiger partial charge in [0, 0.05) is 18.7 Å². The fourth-order valence-electron chi connectivity index (χ4n) is 2.16. The zero-order valence-electron chi connectivity index (χ0n) is 13.5. The van der Waals surface area contributed by atoms with E-state index in [1.807, 2.05) is 30.3 Å². The molecule has 0 unspecified atom stereocenters. The first-order chi connectivity index (χ1) is 12.0. The summed E-state index contributed by atoms with van der Waals surface area (Å²) in [6, 6.07) is 14.1. The highest BCUT2D eigenvalue weighted by Crippen LogP contribution is 2.20. The van der Waals surface area contributed by atoms with E-state index in [1.54, 1.807) is 12.1 Å². The Labute approximate surface area is 144 Å². The standard InChI is InChI=1S/C19H18F3NO2/c1-2-10-24-18-9-4-3-7-16(18)13-23-12-15-6-5-8-17(11-15)25-14-19(20,21)22/h1,3-9,11,23H,10,12-14H2. The van der Waals surface area contributed by atoms with Crippen LogP contribution in [0.15, 0.2) is 48.5 Å². The van der Waals surface area contributed by atoms with Gasteiger partial charge < -0.3 is 14.8 Å². The fraction of sp³-hybridized carbons (Fsp3) is 0.263. The molecular weight excluding hydrogens is 331 g/mol. The molecule has 0 aliphatic rings. The minimum Gasteiger partial charge on any atom is -0.484 e. The number of rotatable bonds is 8. The molecule has 0 atom stereocenters. The molecule has 0 aromatic heterocycles. The molecule has 0 amide bonds. The van der Waals surface area contributed by atoms with Gasteiger partial charge in [-0.1, -0.05) is 36.3 Å². The third-order valence-electron chi connectivity index (χ3n) is 3.23. The molecule has 6 heteroatoms. The van der Waals surface area contributed by atoms with Gasteiger partial charge in [0.2, 0.25) is 0 Å². The Morgan fingerprint density at radius 3 is 2.56 bits per heavy atom. The molecule has 2 aromatic rings. The third kappa shape index (κ3) is 6.77. The van der Waals surface area contributed by atoms with Gasteiger partial charge in [-0.25, -0.2) is 0 Å². The van der Waals surface area contributed by atoms with Crippen LogP contribution < -0.4 is 14.8 Å². The van der Waals surface area contributed by atoms with Crippen LogP contribution in [0.1, 0.15) is 11.1 Å². The maximum absolute atomic E-state index is 12.2. The lowest BCUT2D eigenvalue weighted by atomic mass is 10.2. The van der Waals surface area contributed by atoms with Crippen LogP contribution in [0.25, 0.3) is 0 Å². The maximum Gasteiger partial charge on any atom is 0.422 e. The van der Waals surface area contributed by atoms with E-state index in [-0.39, 0.29) is 12.4 Å². The number of hydrogen-bond donors (Lipinski definition) is 1. The molecule has 0 fully saturated rings. The Bertz CT molecular complexity index is 723. The van der Waals surface area contributed by atoms with Crippen LogP contribution in [0.2, 0.25) is 0 Å². The van der Waals surface area contributed by atoms with Crippen LogP contribution in [0, 0.1) is 12.3 Å². The largest absolute Gasteiger partial charge is 0.484 e. The van der Waals surface area contributed by atoms with Gasteiger partial charge in [0.05, 0.1) is 0 Å². The van der Waals surface area contributed by atoms with Crippen molar-refractivity contribution in [3.8, 4) is 23.8 Å². The summed E-state index contributed by atoms with van der Waals surface area (Å²) in [4.78, 5) is 0. The number of para-hydroxylation sites is 1. The maximum atomic E-state index is 12.2. The Morgan fingerprint density at radius 1 is 1.00 bits per heavy atom. The van der Waals surface area contributed by atoms with E-state index in [9.17, 15) is 13.2 Å². The number of nitrogens with one attached hydrogen (secondary N) is 1. The molecule has 0 saturated heterocycles. The SMILES string of the molecule is C#CCOc1ccccc1CNCc1cccc(OCC(F)(F)F)c1. The molecule has 0 bridgehead atoms. The second-order valence-corrected chi connectivity index (χ2v) is 5.26. The lowest BCUT2D eigenvalue weighted by Gasteiger charge is -2.12. The van der Waals surface area contributed by atoms with Crippen molar-refractivity contribution in [2.24, 2.45) is 0 Å². The van der Waals surface area contributed by atoms with Crippen molar-refractivity contribution in [2.45, 2.75) is 19.3 Å². The Balaban J connectivity index is 1.89. The van der Waals surface area contributed by atoms with Gasteiger partial charge in [-0.3, -0.25) is 0 Å². The highest BCUT2D eigenvalue weighted by molar-refractivity contribution is 5.34. The molecule has 2 rings (SSSR count). The first-order valence-corrected chi connectivity index (χ1v) is 7.61. The number of alkyl halides is 3. The van der Waals surface area contributed by atoms with E-state index in [1.165, 1.54) is 6.07 Å². The first-order valence-electron chi connectivity index (χ1n) is 7.61. The van der Waals surface area contributed by atoms with Crippen LogP contribution in [0.5, 0.6) is 11.5 Å². The van der Waals surface area contributed by atoms with Crippen molar-refractivity contribution in [1.29, 1.82) is 0 Å². The van der Waals surface area contributed by atoms with Crippen LogP contribution in [-0.4, -0.2) is 19.4 Å². The summed E-state index contributed by atoms with van der Waals surface area (Å²) in [5, 5.41) is 3.22. The average molecular weight is 349 g/mol. The van der Waals surface area contributed by atoms with Gasteiger partial charge in [0.15, 0.2) is 6.61 Å². The van der Waals surface area contributed by atoms with Crippen LogP contribution >= 0.6 is 0 Å². The van der Waals surface area contributed by atoms with Crippen molar-refractivity contribution in [2.75, 3.05) is 13.2 Å². The monoisotopic (exact) mass is 349 g/mol. The number of benzene rings is 2. The topological polar surface area (TPSA) is 30.5 Å². The van der Waals surface area contributed by atoms with Crippen molar-refractivity contribution in [3.63, 3.8) is 0 Å². The zero-order valence-corrected chi connectivity index (χ0v) is 13.5. The Morgan fingerprint density at radius 2 is 1.80 bits per heavy atom. The number of terminal acetylenes is 1. The predicted octanol–water partition coefficient (Wildman–Crippen LogP) is 3.93. The first kappa shape index (κ1) is 18.7. The lowest BCUT2D eigenvalue weighted by molar-refractivity contribution is -0.153. The van der Waals surface area contributed by atoms with Gasteiger partial charge in [-0.05, 0) is 23.8 Å². The average Bonchev–Trinajstić information content (AvgIpc) is 2.59. The molecule has 0 heterocycles. The van der Waals surface area contributed by atoms with Gasteiger partial charge in [-0.2, -0.15) is 13.2 Å². The van der Waals surface area contributed by atoms with Gasteiger partial charge >= 0.3 is 6.18 Å². The summed E-state index contributed by atoms with van der Waals surface area (Å²) >= 11 is 0. The second kappa shape index (κ2) is 9.00. The number of halogens is 3. The van der Waals surface area contributed by atoms with E-state index >= 15 is 0 Å². The van der Waals surface area contributed by atoms with Crippen LogP contribution in [0.3, 0.4) is 0 Å². The molecule has 0 spiro atoms. The minimum absolute atomic E-state index is 0.189. The molecular formula is C19H18F3NO2. The highest BCUT2D eigenvalue weighted by Gasteiger charge is 2.28. The van der Waals surface area contributed by atoms with Gasteiger partial charge in [-0.15, -0.1) is 6.42 Å². The summed E-state index contributed by atoms with van der Waals surface area (Å²) < 4.78 is 46.8. The fourth-order valence-corrected chi connectivity index (χ4v) is 2.16. The van der Waals surface area contributed by atoms with Crippen molar-refractivity contribution in [3.05, 3.63) is 59.7 Å². The third-order valence-corrected chi connectivity index (χ3v) is 3.23. The number of hydrogen-bond acceptors (Lipinski definition) is 3. The summed E-state index contributed by atoms with van der Waals surface area (Å²) in [6.45, 7) is -0.0968. The molecule has 0 saturated carbocycles. The van der Waals surface area contributed by atoms with Gasteiger partial charge in [0.25, 0.3) is 0 Å². The molecule has 0 radical (unpaired) electrons. The normalized spacial score (nSPS) is 11.0. The van der Waals surface area contributed by atoms with E-state index in [0.717, 1.165) is 11.1 Å². The van der Waals surface area contributed by atoms with E-state index < -0.39 is 12.8 Å². The summed E-state index contributed by atoms with van der Waals surface area (Å²) in [7, 11) is 0. The molecule has 0 aliphatic heterocycles. The number of ether oxygens (including phenoxy) is 2. The van der Waals surface area contributed by atoms with E-state index in [2.05, 4.69) is 11.2 Å². The Hall–Kier alpha value is -2.65. The second-order valence-electron chi connectivity index (χ2n) is 5.26. The molecule has 0 aliphatic carbocycles. The zero-order chi connectivity index (χ0) is 18.1. The van der Waals surface area contributed by atoms with Crippen molar-refractivity contribution in [1.82, 2.24) is 5.32 Å². The lowest BCUT2D eigenvalue weighted by Crippen LogP contribution is -2.19. The molecule has 132 valence electrons. The molecule has 1 N–H and O–H groups in total. The highest BCUT2D eigenvalue weighted by atomic mass is 19.4. The van der Waals surface area contributed by atoms with Crippen molar-refractivity contribution < 1.29 is 22.6 Å². The quantitative estimate of drug-likeness (QED) is 0.733. The van der Waals surface area contributed by atoms with E-state index in [0.29, 0.717) is 18.8 Å². The molecule has 2 aromatic carbocycles. The summed E-state index contributed by atoms with van der Waals surface area (Å²) in [6.07, 6.45) is 0.844. The van der Waals surface area contributed by atoms with Crippen LogP contribution in [-0.2, 0) is 13.1 Å². The van der Waals surface area contributed by atoms with Crippen LogP contribution in [0.4, 0.5) is 13.2 Å². The van der Waals surface area contributed by atoms with Gasteiger partial charge in [0.1, 0.15) is 18.1 Å². The smallest absolute Gasteiger partial charge is 0.422 e. The summed E-state index contributed by atoms with van der Waals surface area (Å²) in [5.41, 5.74) is 1.77. The molecule has 25 heavy (non-hydrogen) atoms. The minimum atomic E-state index is -4.35. The van der Waals surface area contributed by atoms with Crippen molar-refractivity contribution >= 4 is 0 Å². The Kier molecular flexibility index (Phi) is 6.72. The summed E-state index contributed by atoms with van der Waals surface area (Å²) in [5.74, 6) is 3.31. The van der Waals surface area contributed by atoms with E-state index in [4.69, 9.17) is 15.9 Å². The predicted molar refractivity (Wildman–Crippen MR) is 89.3 cm³/mol.